The Balaban J connectivity index is 2.23. The maximum atomic E-state index is 5.63. The van der Waals surface area contributed by atoms with Crippen LogP contribution in [0.1, 0.15) is 38.4 Å². The molecule has 0 fully saturated rings. The van der Waals surface area contributed by atoms with E-state index in [2.05, 4.69) is 25.1 Å². The second-order valence-corrected chi connectivity index (χ2v) is 4.38. The molecular formula is C10H15N5OS. The zero-order valence-electron chi connectivity index (χ0n) is 10.1. The Morgan fingerprint density at radius 1 is 1.29 bits per heavy atom. The second kappa shape index (κ2) is 5.33. The summed E-state index contributed by atoms with van der Waals surface area (Å²) in [5, 5.41) is 15.3. The molecule has 2 heterocycles. The largest absolute Gasteiger partial charge is 0.418 e. The SMILES string of the molecule is CCNC(C)c1nnc(-c2snnc2CC)o1. The van der Waals surface area contributed by atoms with Gasteiger partial charge in [-0.1, -0.05) is 18.3 Å². The van der Waals surface area contributed by atoms with Crippen LogP contribution in [0.25, 0.3) is 10.8 Å². The highest BCUT2D eigenvalue weighted by Crippen LogP contribution is 2.26. The molecule has 0 radical (unpaired) electrons. The van der Waals surface area contributed by atoms with Gasteiger partial charge in [0.05, 0.1) is 11.7 Å². The molecule has 2 rings (SSSR count). The predicted octanol–water partition coefficient (Wildman–Crippen LogP) is 1.82. The molecule has 0 saturated carbocycles. The van der Waals surface area contributed by atoms with Crippen molar-refractivity contribution < 1.29 is 4.42 Å². The van der Waals surface area contributed by atoms with E-state index in [9.17, 15) is 0 Å². The first-order chi connectivity index (χ1) is 8.26. The number of aryl methyl sites for hydroxylation is 1. The molecular weight excluding hydrogens is 238 g/mol. The quantitative estimate of drug-likeness (QED) is 0.875. The molecule has 17 heavy (non-hydrogen) atoms. The van der Waals surface area contributed by atoms with Crippen molar-refractivity contribution in [2.45, 2.75) is 33.2 Å². The molecule has 0 aromatic carbocycles. The van der Waals surface area contributed by atoms with Gasteiger partial charge in [-0.15, -0.1) is 15.3 Å². The monoisotopic (exact) mass is 253 g/mol. The van der Waals surface area contributed by atoms with Gasteiger partial charge in [-0.05, 0) is 31.4 Å². The van der Waals surface area contributed by atoms with Crippen LogP contribution in [0, 0.1) is 0 Å². The Hall–Kier alpha value is -1.34. The Morgan fingerprint density at radius 3 is 2.82 bits per heavy atom. The highest BCUT2D eigenvalue weighted by Gasteiger charge is 2.18. The lowest BCUT2D eigenvalue weighted by molar-refractivity contribution is 0.429. The molecule has 0 bridgehead atoms. The maximum Gasteiger partial charge on any atom is 0.261 e. The molecule has 0 saturated heterocycles. The lowest BCUT2D eigenvalue weighted by atomic mass is 10.3. The van der Waals surface area contributed by atoms with Crippen LogP contribution >= 0.6 is 11.5 Å². The number of aromatic nitrogens is 4. The molecule has 0 amide bonds. The normalized spacial score (nSPS) is 12.9. The van der Waals surface area contributed by atoms with Crippen LogP contribution in [-0.4, -0.2) is 26.3 Å². The Labute approximate surface area is 104 Å². The number of hydrogen-bond acceptors (Lipinski definition) is 7. The minimum absolute atomic E-state index is 0.0622. The Kier molecular flexibility index (Phi) is 3.80. The summed E-state index contributed by atoms with van der Waals surface area (Å²) in [4.78, 5) is 0.870. The summed E-state index contributed by atoms with van der Waals surface area (Å²) in [5.41, 5.74) is 0.904. The van der Waals surface area contributed by atoms with E-state index in [-0.39, 0.29) is 6.04 Å². The van der Waals surface area contributed by atoms with E-state index in [1.165, 1.54) is 11.5 Å². The third-order valence-corrected chi connectivity index (χ3v) is 3.16. The van der Waals surface area contributed by atoms with E-state index in [0.29, 0.717) is 11.8 Å². The van der Waals surface area contributed by atoms with Gasteiger partial charge >= 0.3 is 0 Å². The first kappa shape index (κ1) is 12.1. The van der Waals surface area contributed by atoms with Crippen molar-refractivity contribution in [2.75, 3.05) is 6.54 Å². The van der Waals surface area contributed by atoms with Crippen molar-refractivity contribution in [3.63, 3.8) is 0 Å². The van der Waals surface area contributed by atoms with Gasteiger partial charge in [0.2, 0.25) is 5.89 Å². The van der Waals surface area contributed by atoms with E-state index >= 15 is 0 Å². The zero-order chi connectivity index (χ0) is 12.3. The summed E-state index contributed by atoms with van der Waals surface area (Å²) in [5.74, 6) is 1.11. The molecule has 0 aliphatic heterocycles. The molecule has 92 valence electrons. The Bertz CT molecular complexity index is 481. The van der Waals surface area contributed by atoms with Gasteiger partial charge in [0, 0.05) is 0 Å². The molecule has 7 heteroatoms. The minimum Gasteiger partial charge on any atom is -0.418 e. The van der Waals surface area contributed by atoms with Crippen LogP contribution in [0.2, 0.25) is 0 Å². The van der Waals surface area contributed by atoms with E-state index < -0.39 is 0 Å². The van der Waals surface area contributed by atoms with Crippen molar-refractivity contribution >= 4 is 11.5 Å². The third kappa shape index (κ3) is 2.50. The van der Waals surface area contributed by atoms with Crippen LogP contribution in [0.15, 0.2) is 4.42 Å². The summed E-state index contributed by atoms with van der Waals surface area (Å²) in [7, 11) is 0. The van der Waals surface area contributed by atoms with Crippen LogP contribution < -0.4 is 5.32 Å². The van der Waals surface area contributed by atoms with E-state index in [1.54, 1.807) is 0 Å². The van der Waals surface area contributed by atoms with Crippen LogP contribution in [0.5, 0.6) is 0 Å². The van der Waals surface area contributed by atoms with Gasteiger partial charge in [-0.2, -0.15) is 0 Å². The van der Waals surface area contributed by atoms with Crippen LogP contribution in [0.4, 0.5) is 0 Å². The van der Waals surface area contributed by atoms with E-state index in [1.807, 2.05) is 20.8 Å². The summed E-state index contributed by atoms with van der Waals surface area (Å²) in [6.45, 7) is 6.92. The first-order valence-electron chi connectivity index (χ1n) is 5.64. The average Bonchev–Trinajstić information content (AvgIpc) is 2.97. The smallest absolute Gasteiger partial charge is 0.261 e. The van der Waals surface area contributed by atoms with Crippen LogP contribution in [0.3, 0.4) is 0 Å². The third-order valence-electron chi connectivity index (χ3n) is 2.41. The van der Waals surface area contributed by atoms with Gasteiger partial charge in [-0.3, -0.25) is 0 Å². The molecule has 1 unspecified atom stereocenters. The number of hydrogen-bond donors (Lipinski definition) is 1. The van der Waals surface area contributed by atoms with E-state index in [4.69, 9.17) is 4.42 Å². The topological polar surface area (TPSA) is 76.7 Å². The van der Waals surface area contributed by atoms with Crippen molar-refractivity contribution in [2.24, 2.45) is 0 Å². The lowest BCUT2D eigenvalue weighted by Crippen LogP contribution is -2.17. The van der Waals surface area contributed by atoms with Crippen molar-refractivity contribution in [3.8, 4) is 10.8 Å². The molecule has 0 spiro atoms. The molecule has 1 atom stereocenters. The van der Waals surface area contributed by atoms with Crippen molar-refractivity contribution in [3.05, 3.63) is 11.6 Å². The van der Waals surface area contributed by atoms with Gasteiger partial charge in [-0.25, -0.2) is 0 Å². The van der Waals surface area contributed by atoms with Gasteiger partial charge in [0.25, 0.3) is 5.89 Å². The fourth-order valence-corrected chi connectivity index (χ4v) is 2.17. The van der Waals surface area contributed by atoms with Crippen molar-refractivity contribution in [1.82, 2.24) is 25.1 Å². The number of nitrogens with zero attached hydrogens (tertiary/aromatic N) is 4. The predicted molar refractivity (Wildman–Crippen MR) is 64.7 cm³/mol. The zero-order valence-corrected chi connectivity index (χ0v) is 10.9. The van der Waals surface area contributed by atoms with Crippen LogP contribution in [-0.2, 0) is 6.42 Å². The molecule has 1 N–H and O–H groups in total. The molecule has 6 nitrogen and oxygen atoms in total. The summed E-state index contributed by atoms with van der Waals surface area (Å²) < 4.78 is 9.54. The fourth-order valence-electron chi connectivity index (χ4n) is 1.50. The van der Waals surface area contributed by atoms with Gasteiger partial charge in [0.15, 0.2) is 0 Å². The summed E-state index contributed by atoms with van der Waals surface area (Å²) in [6.07, 6.45) is 0.812. The fraction of sp³-hybridized carbons (Fsp3) is 0.600. The standard InChI is InChI=1S/C10H15N5OS/c1-4-7-8(17-15-12-7)10-14-13-9(16-10)6(3)11-5-2/h6,11H,4-5H2,1-3H3. The molecule has 2 aromatic rings. The molecule has 2 aromatic heterocycles. The van der Waals surface area contributed by atoms with Crippen molar-refractivity contribution in [1.29, 1.82) is 0 Å². The highest BCUT2D eigenvalue weighted by atomic mass is 32.1. The first-order valence-corrected chi connectivity index (χ1v) is 6.42. The minimum atomic E-state index is 0.0622. The summed E-state index contributed by atoms with van der Waals surface area (Å²) >= 11 is 1.29. The number of nitrogens with one attached hydrogen (secondary N) is 1. The lowest BCUT2D eigenvalue weighted by Gasteiger charge is -2.05. The van der Waals surface area contributed by atoms with Gasteiger partial charge in [0.1, 0.15) is 4.88 Å². The second-order valence-electron chi connectivity index (χ2n) is 3.63. The number of rotatable bonds is 5. The molecule has 0 aliphatic rings. The van der Waals surface area contributed by atoms with Gasteiger partial charge < -0.3 is 9.73 Å². The van der Waals surface area contributed by atoms with E-state index in [0.717, 1.165) is 23.5 Å². The maximum absolute atomic E-state index is 5.63. The highest BCUT2D eigenvalue weighted by molar-refractivity contribution is 7.09. The average molecular weight is 253 g/mol. The molecule has 0 aliphatic carbocycles. The Morgan fingerprint density at radius 2 is 2.12 bits per heavy atom. The summed E-state index contributed by atoms with van der Waals surface area (Å²) in [6, 6.07) is 0.0622.